The summed E-state index contributed by atoms with van der Waals surface area (Å²) in [6.45, 7) is 0.0362. The van der Waals surface area contributed by atoms with Crippen molar-refractivity contribution in [3.63, 3.8) is 0 Å². The minimum atomic E-state index is -3.55. The van der Waals surface area contributed by atoms with Crippen molar-refractivity contribution < 1.29 is 47.7 Å². The van der Waals surface area contributed by atoms with E-state index in [9.17, 15) is 30.0 Å². The van der Waals surface area contributed by atoms with Gasteiger partial charge in [0, 0.05) is 16.0 Å². The van der Waals surface area contributed by atoms with E-state index in [1.807, 2.05) is 0 Å². The monoisotopic (exact) mass is 311 g/mol. The van der Waals surface area contributed by atoms with Gasteiger partial charge in [-0.15, -0.1) is 0 Å². The molecule has 1 amide bonds. The molecule has 10 heteroatoms. The van der Waals surface area contributed by atoms with Crippen molar-refractivity contribution in [3.8, 4) is 0 Å². The van der Waals surface area contributed by atoms with Gasteiger partial charge in [-0.2, -0.15) is 0 Å². The van der Waals surface area contributed by atoms with Gasteiger partial charge in [0.2, 0.25) is 5.91 Å². The van der Waals surface area contributed by atoms with Gasteiger partial charge in [0.25, 0.3) is 5.79 Å². The van der Waals surface area contributed by atoms with Gasteiger partial charge in [0.05, 0.1) is 18.8 Å². The van der Waals surface area contributed by atoms with Gasteiger partial charge in [-0.25, -0.2) is 4.79 Å². The van der Waals surface area contributed by atoms with Gasteiger partial charge in [-0.1, -0.05) is 0 Å². The molecule has 0 saturated carbocycles. The number of aliphatic carboxylic acids is 1. The fraction of sp³-hybridized carbons (Fsp3) is 0.818. The van der Waals surface area contributed by atoms with Gasteiger partial charge >= 0.3 is 5.97 Å². The van der Waals surface area contributed by atoms with Crippen LogP contribution >= 0.6 is 0 Å². The number of rotatable bonds is 5. The molecule has 0 aromatic rings. The lowest BCUT2D eigenvalue weighted by molar-refractivity contribution is -0.295. The van der Waals surface area contributed by atoms with Crippen LogP contribution in [-0.2, 0) is 14.3 Å². The molecule has 1 fully saturated rings. The van der Waals surface area contributed by atoms with E-state index in [0.29, 0.717) is 0 Å². The van der Waals surface area contributed by atoms with Crippen molar-refractivity contribution in [1.29, 1.82) is 0 Å². The van der Waals surface area contributed by atoms with E-state index in [4.69, 9.17) is 17.7 Å². The molecule has 0 spiro atoms. The molecule has 1 aliphatic heterocycles. The van der Waals surface area contributed by atoms with Crippen LogP contribution < -0.4 is 5.32 Å². The lowest BCUT2D eigenvalue weighted by Gasteiger charge is -2.44. The van der Waals surface area contributed by atoms with Crippen LogP contribution in [-0.4, -0.2) is 85.4 Å². The molecule has 0 aromatic heterocycles. The summed E-state index contributed by atoms with van der Waals surface area (Å²) in [6, 6.07) is -1.70. The largest absolute Gasteiger partial charge is 0.477 e. The Morgan fingerprint density at radius 3 is 2.52 bits per heavy atom. The number of hydrogen-bond donors (Lipinski definition) is 7. The fourth-order valence-corrected chi connectivity index (χ4v) is 1.89. The Kier molecular flexibility index (Phi) is 4.63. The van der Waals surface area contributed by atoms with Gasteiger partial charge in [0.15, 0.2) is 0 Å². The first kappa shape index (κ1) is 14.6. The average Bonchev–Trinajstić information content (AvgIpc) is 2.46. The van der Waals surface area contributed by atoms with Crippen LogP contribution in [0.1, 0.15) is 16.0 Å². The molecule has 122 valence electrons. The first-order valence-corrected chi connectivity index (χ1v) is 5.96. The lowest BCUT2D eigenvalue weighted by Crippen LogP contribution is -2.67. The lowest BCUT2D eigenvalue weighted by atomic mass is 9.88. The van der Waals surface area contributed by atoms with Gasteiger partial charge in [-0.05, 0) is 0 Å². The van der Waals surface area contributed by atoms with Gasteiger partial charge in [-0.3, -0.25) is 4.79 Å². The van der Waals surface area contributed by atoms with E-state index in [1.54, 1.807) is 0 Å². The second-order valence-corrected chi connectivity index (χ2v) is 4.59. The minimum Gasteiger partial charge on any atom is -0.477 e. The maximum atomic E-state index is 11.2. The SMILES string of the molecule is [2H]C1([2H])[C@H](O)[C@@H](NC(C)=O)[C@H]([C@H](O)[C@H](O)CO)OC1(O)C(=O)O. The van der Waals surface area contributed by atoms with Crippen LogP contribution in [0.2, 0.25) is 0 Å². The Hall–Kier alpha value is -1.30. The Morgan fingerprint density at radius 2 is 2.10 bits per heavy atom. The molecule has 6 atom stereocenters. The third kappa shape index (κ3) is 3.87. The van der Waals surface area contributed by atoms with Crippen molar-refractivity contribution in [2.24, 2.45) is 0 Å². The normalized spacial score (nSPS) is 39.6. The Bertz CT molecular complexity index is 476. The molecule has 1 rings (SSSR count). The Labute approximate surface area is 122 Å². The standard InChI is InChI=1S/C11H19NO9/c1-4(14)12-7-5(15)2-11(20,10(18)19)21-9(7)8(17)6(16)3-13/h5-9,13,15-17,20H,2-3H2,1H3,(H,12,14)(H,18,19)/t5-,6+,7+,8+,9+,11?/m0/s1/i2D2. The van der Waals surface area contributed by atoms with E-state index in [1.165, 1.54) is 0 Å². The first-order valence-electron chi connectivity index (χ1n) is 6.96. The molecule has 7 N–H and O–H groups in total. The fourth-order valence-electron chi connectivity index (χ4n) is 1.89. The summed E-state index contributed by atoms with van der Waals surface area (Å²) in [4.78, 5) is 22.4. The summed E-state index contributed by atoms with van der Waals surface area (Å²) in [5.74, 6) is -6.51. The maximum Gasteiger partial charge on any atom is 0.364 e. The highest BCUT2D eigenvalue weighted by molar-refractivity contribution is 5.76. The highest BCUT2D eigenvalue weighted by Gasteiger charge is 2.53. The molecule has 1 unspecified atom stereocenters. The molecule has 10 nitrogen and oxygen atoms in total. The zero-order valence-electron chi connectivity index (χ0n) is 13.0. The Morgan fingerprint density at radius 1 is 1.52 bits per heavy atom. The van der Waals surface area contributed by atoms with Gasteiger partial charge < -0.3 is 40.7 Å². The Balaban J connectivity index is 3.33. The number of carbonyl (C=O) groups excluding carboxylic acids is 1. The summed E-state index contributed by atoms with van der Waals surface area (Å²) in [5, 5.41) is 59.3. The number of amides is 1. The zero-order chi connectivity index (χ0) is 18.2. The van der Waals surface area contributed by atoms with E-state index in [0.717, 1.165) is 6.92 Å². The summed E-state index contributed by atoms with van der Waals surface area (Å²) in [7, 11) is 0. The van der Waals surface area contributed by atoms with Crippen LogP contribution in [0.4, 0.5) is 0 Å². The van der Waals surface area contributed by atoms with E-state index < -0.39 is 61.1 Å². The number of carboxylic acids is 1. The molecule has 0 radical (unpaired) electrons. The van der Waals surface area contributed by atoms with E-state index >= 15 is 0 Å². The second-order valence-electron chi connectivity index (χ2n) is 4.59. The zero-order valence-corrected chi connectivity index (χ0v) is 11.0. The molecule has 1 aliphatic rings. The van der Waals surface area contributed by atoms with Crippen LogP contribution in [0.25, 0.3) is 0 Å². The minimum absolute atomic E-state index is 0.773. The molecule has 0 aliphatic carbocycles. The summed E-state index contributed by atoms with van der Waals surface area (Å²) < 4.78 is 19.9. The van der Waals surface area contributed by atoms with E-state index in [-0.39, 0.29) is 0 Å². The third-order valence-corrected chi connectivity index (χ3v) is 2.92. The van der Waals surface area contributed by atoms with Crippen molar-refractivity contribution in [2.45, 2.75) is 49.5 Å². The molecule has 0 aromatic carbocycles. The third-order valence-electron chi connectivity index (χ3n) is 2.92. The smallest absolute Gasteiger partial charge is 0.364 e. The number of ether oxygens (including phenoxy) is 1. The number of nitrogens with one attached hydrogen (secondary N) is 1. The highest BCUT2D eigenvalue weighted by atomic mass is 16.7. The average molecular weight is 311 g/mol. The molecule has 0 bridgehead atoms. The van der Waals surface area contributed by atoms with Crippen molar-refractivity contribution in [1.82, 2.24) is 5.32 Å². The molecular formula is C11H19NO9. The van der Waals surface area contributed by atoms with Crippen LogP contribution in [0.15, 0.2) is 0 Å². The number of aliphatic hydroxyl groups excluding tert-OH is 4. The van der Waals surface area contributed by atoms with Crippen molar-refractivity contribution in [3.05, 3.63) is 0 Å². The predicted octanol–water partition coefficient (Wildman–Crippen LogP) is -3.87. The topological polar surface area (TPSA) is 177 Å². The molecule has 1 saturated heterocycles. The number of carbonyl (C=O) groups is 2. The van der Waals surface area contributed by atoms with Crippen LogP contribution in [0.3, 0.4) is 0 Å². The van der Waals surface area contributed by atoms with Crippen molar-refractivity contribution >= 4 is 11.9 Å². The quantitative estimate of drug-likeness (QED) is 0.267. The summed E-state index contributed by atoms with van der Waals surface area (Å²) in [6.07, 6.45) is -11.4. The van der Waals surface area contributed by atoms with E-state index in [2.05, 4.69) is 5.32 Å². The summed E-state index contributed by atoms with van der Waals surface area (Å²) in [5.41, 5.74) is 0. The number of aliphatic hydroxyl groups is 5. The van der Waals surface area contributed by atoms with Gasteiger partial charge in [0.1, 0.15) is 18.3 Å². The van der Waals surface area contributed by atoms with Crippen LogP contribution in [0.5, 0.6) is 0 Å². The van der Waals surface area contributed by atoms with Crippen LogP contribution in [0, 0.1) is 0 Å². The molecule has 1 heterocycles. The molecule has 21 heavy (non-hydrogen) atoms. The van der Waals surface area contributed by atoms with Crippen molar-refractivity contribution in [2.75, 3.05) is 6.61 Å². The molecular weight excluding hydrogens is 290 g/mol. The predicted molar refractivity (Wildman–Crippen MR) is 64.8 cm³/mol. The summed E-state index contributed by atoms with van der Waals surface area (Å²) >= 11 is 0. The number of hydrogen-bond acceptors (Lipinski definition) is 8. The number of carboxylic acid groups (broad SMARTS) is 1. The first-order chi connectivity index (χ1) is 10.4. The maximum absolute atomic E-state index is 11.2. The second kappa shape index (κ2) is 6.64. The highest BCUT2D eigenvalue weighted by Crippen LogP contribution is 2.30.